The van der Waals surface area contributed by atoms with E-state index in [0.29, 0.717) is 36.6 Å². The van der Waals surface area contributed by atoms with Gasteiger partial charge in [0.25, 0.3) is 5.91 Å². The second-order valence-corrected chi connectivity index (χ2v) is 5.40. The van der Waals surface area contributed by atoms with Gasteiger partial charge in [-0.1, -0.05) is 6.07 Å². The Labute approximate surface area is 135 Å². The van der Waals surface area contributed by atoms with Gasteiger partial charge in [-0.2, -0.15) is 0 Å². The molecular weight excluding hydrogens is 298 g/mol. The Morgan fingerprint density at radius 3 is 2.70 bits per heavy atom. The third-order valence-corrected chi connectivity index (χ3v) is 3.88. The summed E-state index contributed by atoms with van der Waals surface area (Å²) >= 11 is 0. The molecule has 2 amide bonds. The number of nitrogens with two attached hydrogens (primary N) is 1. The summed E-state index contributed by atoms with van der Waals surface area (Å²) in [6.07, 6.45) is 0.448. The largest absolute Gasteiger partial charge is 0.493 e. The van der Waals surface area contributed by atoms with Crippen LogP contribution in [-0.4, -0.2) is 56.1 Å². The minimum atomic E-state index is -0.562. The summed E-state index contributed by atoms with van der Waals surface area (Å²) in [7, 11) is 2.99. The molecule has 0 aliphatic carbocycles. The molecule has 0 spiro atoms. The summed E-state index contributed by atoms with van der Waals surface area (Å²) in [4.78, 5) is 26.6. The Morgan fingerprint density at radius 1 is 1.35 bits per heavy atom. The zero-order valence-corrected chi connectivity index (χ0v) is 13.7. The zero-order chi connectivity index (χ0) is 17.0. The van der Waals surface area contributed by atoms with E-state index in [9.17, 15) is 9.59 Å². The Balaban J connectivity index is 2.33. The standard InChI is InChI=1S/C16H23N3O4/c1-4-18-15(20)12-8-10(17)9-19(12)16(21)11-6-5-7-13(22-2)14(11)23-3/h5-7,10,12H,4,8-9,17H2,1-3H3,(H,18,20)/t10-,12+/m1/s1. The van der Waals surface area contributed by atoms with Gasteiger partial charge in [0.1, 0.15) is 6.04 Å². The van der Waals surface area contributed by atoms with Crippen LogP contribution in [0, 0.1) is 0 Å². The Kier molecular flexibility index (Phi) is 5.44. The number of likely N-dealkylation sites (tertiary alicyclic amines) is 1. The number of likely N-dealkylation sites (N-methyl/N-ethyl adjacent to an activating group) is 1. The molecule has 0 bridgehead atoms. The van der Waals surface area contributed by atoms with E-state index in [1.54, 1.807) is 18.2 Å². The van der Waals surface area contributed by atoms with Crippen LogP contribution in [0.3, 0.4) is 0 Å². The molecule has 1 saturated heterocycles. The molecule has 7 heteroatoms. The molecule has 1 aromatic carbocycles. The molecule has 0 saturated carbocycles. The third-order valence-electron chi connectivity index (χ3n) is 3.88. The molecule has 1 fully saturated rings. The number of benzene rings is 1. The monoisotopic (exact) mass is 321 g/mol. The number of rotatable bonds is 5. The molecule has 0 radical (unpaired) electrons. The van der Waals surface area contributed by atoms with Crippen molar-refractivity contribution in [2.45, 2.75) is 25.4 Å². The van der Waals surface area contributed by atoms with Crippen molar-refractivity contribution in [3.63, 3.8) is 0 Å². The number of methoxy groups -OCH3 is 2. The van der Waals surface area contributed by atoms with Crippen molar-refractivity contribution in [1.82, 2.24) is 10.2 Å². The van der Waals surface area contributed by atoms with Crippen molar-refractivity contribution in [3.8, 4) is 11.5 Å². The van der Waals surface area contributed by atoms with Crippen molar-refractivity contribution in [2.75, 3.05) is 27.3 Å². The van der Waals surface area contributed by atoms with Gasteiger partial charge < -0.3 is 25.4 Å². The van der Waals surface area contributed by atoms with Crippen LogP contribution in [0.25, 0.3) is 0 Å². The summed E-state index contributed by atoms with van der Waals surface area (Å²) in [5.74, 6) is 0.354. The number of carbonyl (C=O) groups excluding carboxylic acids is 2. The molecule has 2 rings (SSSR count). The number of hydrogen-bond acceptors (Lipinski definition) is 5. The van der Waals surface area contributed by atoms with Crippen molar-refractivity contribution in [3.05, 3.63) is 23.8 Å². The zero-order valence-electron chi connectivity index (χ0n) is 13.7. The first kappa shape index (κ1) is 17.1. The van der Waals surface area contributed by atoms with Crippen LogP contribution in [-0.2, 0) is 4.79 Å². The van der Waals surface area contributed by atoms with Crippen LogP contribution in [0.5, 0.6) is 11.5 Å². The van der Waals surface area contributed by atoms with E-state index in [1.807, 2.05) is 6.92 Å². The molecule has 1 aliphatic rings. The van der Waals surface area contributed by atoms with Crippen molar-refractivity contribution in [2.24, 2.45) is 5.73 Å². The minimum absolute atomic E-state index is 0.185. The van der Waals surface area contributed by atoms with Crippen LogP contribution >= 0.6 is 0 Å². The fourth-order valence-corrected chi connectivity index (χ4v) is 2.84. The lowest BCUT2D eigenvalue weighted by atomic mass is 10.1. The van der Waals surface area contributed by atoms with Gasteiger partial charge in [-0.3, -0.25) is 9.59 Å². The maximum Gasteiger partial charge on any atom is 0.258 e. The number of nitrogens with one attached hydrogen (secondary N) is 1. The van der Waals surface area contributed by atoms with Gasteiger partial charge in [0, 0.05) is 19.1 Å². The first-order valence-corrected chi connectivity index (χ1v) is 7.58. The van der Waals surface area contributed by atoms with E-state index < -0.39 is 6.04 Å². The van der Waals surface area contributed by atoms with Crippen molar-refractivity contribution >= 4 is 11.8 Å². The summed E-state index contributed by atoms with van der Waals surface area (Å²) in [6, 6.07) is 4.30. The fraction of sp³-hybridized carbons (Fsp3) is 0.500. The van der Waals surface area contributed by atoms with Crippen molar-refractivity contribution < 1.29 is 19.1 Å². The summed E-state index contributed by atoms with van der Waals surface area (Å²) in [6.45, 7) is 2.68. The number of hydrogen-bond donors (Lipinski definition) is 2. The van der Waals surface area contributed by atoms with E-state index in [1.165, 1.54) is 19.1 Å². The maximum atomic E-state index is 12.9. The summed E-state index contributed by atoms with van der Waals surface area (Å²) in [5.41, 5.74) is 6.32. The highest BCUT2D eigenvalue weighted by molar-refractivity contribution is 6.00. The van der Waals surface area contributed by atoms with Gasteiger partial charge in [-0.05, 0) is 25.5 Å². The quantitative estimate of drug-likeness (QED) is 0.818. The van der Waals surface area contributed by atoms with Gasteiger partial charge in [-0.15, -0.1) is 0 Å². The molecule has 23 heavy (non-hydrogen) atoms. The molecule has 126 valence electrons. The number of carbonyl (C=O) groups is 2. The predicted molar refractivity (Wildman–Crippen MR) is 85.6 cm³/mol. The molecule has 0 unspecified atom stereocenters. The maximum absolute atomic E-state index is 12.9. The van der Waals surface area contributed by atoms with Gasteiger partial charge in [-0.25, -0.2) is 0 Å². The van der Waals surface area contributed by atoms with E-state index in [2.05, 4.69) is 5.32 Å². The van der Waals surface area contributed by atoms with Crippen LogP contribution in [0.4, 0.5) is 0 Å². The minimum Gasteiger partial charge on any atom is -0.493 e. The summed E-state index contributed by atoms with van der Waals surface area (Å²) < 4.78 is 10.5. The Morgan fingerprint density at radius 2 is 2.09 bits per heavy atom. The topological polar surface area (TPSA) is 93.9 Å². The fourth-order valence-electron chi connectivity index (χ4n) is 2.84. The lowest BCUT2D eigenvalue weighted by Gasteiger charge is -2.24. The lowest BCUT2D eigenvalue weighted by Crippen LogP contribution is -2.46. The summed E-state index contributed by atoms with van der Waals surface area (Å²) in [5, 5.41) is 2.75. The molecule has 0 aromatic heterocycles. The SMILES string of the molecule is CCNC(=O)[C@@H]1C[C@@H](N)CN1C(=O)c1cccc(OC)c1OC. The molecular formula is C16H23N3O4. The van der Waals surface area contributed by atoms with Gasteiger partial charge in [0.05, 0.1) is 19.8 Å². The number of ether oxygens (including phenoxy) is 2. The normalized spacial score (nSPS) is 20.3. The predicted octanol–water partition coefficient (Wildman–Crippen LogP) is 0.382. The van der Waals surface area contributed by atoms with Crippen LogP contribution in [0.15, 0.2) is 18.2 Å². The number of para-hydroxylation sites is 1. The van der Waals surface area contributed by atoms with Crippen LogP contribution in [0.2, 0.25) is 0 Å². The van der Waals surface area contributed by atoms with E-state index >= 15 is 0 Å². The van der Waals surface area contributed by atoms with E-state index in [0.717, 1.165) is 0 Å². The van der Waals surface area contributed by atoms with E-state index in [4.69, 9.17) is 15.2 Å². The molecule has 3 N–H and O–H groups in total. The third kappa shape index (κ3) is 3.39. The average Bonchev–Trinajstić information content (AvgIpc) is 2.95. The van der Waals surface area contributed by atoms with Gasteiger partial charge >= 0.3 is 0 Å². The average molecular weight is 321 g/mol. The highest BCUT2D eigenvalue weighted by atomic mass is 16.5. The Hall–Kier alpha value is -2.28. The molecule has 1 aromatic rings. The lowest BCUT2D eigenvalue weighted by molar-refractivity contribution is -0.124. The first-order chi connectivity index (χ1) is 11.0. The smallest absolute Gasteiger partial charge is 0.258 e. The van der Waals surface area contributed by atoms with Crippen LogP contribution in [0.1, 0.15) is 23.7 Å². The highest BCUT2D eigenvalue weighted by Crippen LogP contribution is 2.33. The molecule has 7 nitrogen and oxygen atoms in total. The number of amides is 2. The number of nitrogens with zero attached hydrogens (tertiary/aromatic N) is 1. The van der Waals surface area contributed by atoms with Gasteiger partial charge in [0.2, 0.25) is 5.91 Å². The van der Waals surface area contributed by atoms with Crippen molar-refractivity contribution in [1.29, 1.82) is 0 Å². The second-order valence-electron chi connectivity index (χ2n) is 5.40. The second kappa shape index (κ2) is 7.32. The first-order valence-electron chi connectivity index (χ1n) is 7.58. The van der Waals surface area contributed by atoms with Gasteiger partial charge in [0.15, 0.2) is 11.5 Å². The van der Waals surface area contributed by atoms with E-state index in [-0.39, 0.29) is 17.9 Å². The highest BCUT2D eigenvalue weighted by Gasteiger charge is 2.39. The molecule has 2 atom stereocenters. The van der Waals surface area contributed by atoms with Crippen LogP contribution < -0.4 is 20.5 Å². The Bertz CT molecular complexity index is 591. The molecule has 1 aliphatic heterocycles. The molecule has 1 heterocycles.